The predicted octanol–water partition coefficient (Wildman–Crippen LogP) is 4.38. The van der Waals surface area contributed by atoms with Crippen LogP contribution in [0.4, 0.5) is 4.79 Å². The first-order chi connectivity index (χ1) is 11.8. The minimum atomic E-state index is -0.584. The molecule has 1 aromatic heterocycles. The highest BCUT2D eigenvalue weighted by Gasteiger charge is 2.22. The van der Waals surface area contributed by atoms with Gasteiger partial charge in [0.25, 0.3) is 0 Å². The standard InChI is InChI=1S/C20H25NO4/c1-20(2,3)25-19(23)21-16(12-11-15-8-5-4-6-9-15)14-17(22)18-10-7-13-24-18/h4-10,13,16H,11-12,14H2,1-3H3,(H,21,23). The van der Waals surface area contributed by atoms with Gasteiger partial charge in [0, 0.05) is 12.5 Å². The zero-order valence-electron chi connectivity index (χ0n) is 15.0. The van der Waals surface area contributed by atoms with E-state index in [0.29, 0.717) is 12.2 Å². The van der Waals surface area contributed by atoms with Gasteiger partial charge in [0.1, 0.15) is 5.60 Å². The maximum absolute atomic E-state index is 12.3. The second-order valence-corrected chi connectivity index (χ2v) is 6.97. The monoisotopic (exact) mass is 343 g/mol. The third kappa shape index (κ3) is 6.83. The summed E-state index contributed by atoms with van der Waals surface area (Å²) < 4.78 is 10.5. The first kappa shape index (κ1) is 18.8. The normalized spacial score (nSPS) is 12.4. The van der Waals surface area contributed by atoms with E-state index in [4.69, 9.17) is 9.15 Å². The van der Waals surface area contributed by atoms with E-state index in [-0.39, 0.29) is 18.2 Å². The quantitative estimate of drug-likeness (QED) is 0.758. The fraction of sp³-hybridized carbons (Fsp3) is 0.400. The lowest BCUT2D eigenvalue weighted by Gasteiger charge is -2.23. The van der Waals surface area contributed by atoms with Crippen LogP contribution in [0.25, 0.3) is 0 Å². The van der Waals surface area contributed by atoms with Crippen molar-refractivity contribution >= 4 is 11.9 Å². The lowest BCUT2D eigenvalue weighted by atomic mass is 10.0. The van der Waals surface area contributed by atoms with Crippen LogP contribution in [0.5, 0.6) is 0 Å². The second-order valence-electron chi connectivity index (χ2n) is 6.97. The number of amides is 1. The molecule has 0 saturated heterocycles. The Bertz CT molecular complexity index is 671. The molecule has 5 nitrogen and oxygen atoms in total. The lowest BCUT2D eigenvalue weighted by molar-refractivity contribution is 0.0498. The van der Waals surface area contributed by atoms with Gasteiger partial charge in [-0.15, -0.1) is 0 Å². The molecule has 0 radical (unpaired) electrons. The molecule has 0 bridgehead atoms. The average Bonchev–Trinajstić information content (AvgIpc) is 3.06. The first-order valence-corrected chi connectivity index (χ1v) is 8.43. The van der Waals surface area contributed by atoms with Gasteiger partial charge in [-0.2, -0.15) is 0 Å². The molecular weight excluding hydrogens is 318 g/mol. The second kappa shape index (κ2) is 8.51. The number of hydrogen-bond donors (Lipinski definition) is 1. The molecule has 1 amide bonds. The van der Waals surface area contributed by atoms with E-state index in [1.54, 1.807) is 32.9 Å². The Balaban J connectivity index is 1.99. The predicted molar refractivity (Wildman–Crippen MR) is 95.6 cm³/mol. The Morgan fingerprint density at radius 2 is 1.84 bits per heavy atom. The molecule has 0 fully saturated rings. The van der Waals surface area contributed by atoms with Crippen molar-refractivity contribution in [2.24, 2.45) is 0 Å². The van der Waals surface area contributed by atoms with Gasteiger partial charge in [-0.25, -0.2) is 4.79 Å². The molecule has 0 spiro atoms. The van der Waals surface area contributed by atoms with Crippen LogP contribution in [0.3, 0.4) is 0 Å². The highest BCUT2D eigenvalue weighted by atomic mass is 16.6. The van der Waals surface area contributed by atoms with E-state index in [9.17, 15) is 9.59 Å². The van der Waals surface area contributed by atoms with Crippen LogP contribution < -0.4 is 5.32 Å². The maximum atomic E-state index is 12.3. The Morgan fingerprint density at radius 3 is 2.44 bits per heavy atom. The maximum Gasteiger partial charge on any atom is 0.407 e. The van der Waals surface area contributed by atoms with Crippen molar-refractivity contribution in [3.05, 3.63) is 60.1 Å². The molecule has 25 heavy (non-hydrogen) atoms. The Hall–Kier alpha value is -2.56. The van der Waals surface area contributed by atoms with Gasteiger partial charge in [-0.05, 0) is 51.3 Å². The molecule has 1 heterocycles. The van der Waals surface area contributed by atoms with E-state index >= 15 is 0 Å². The van der Waals surface area contributed by atoms with Gasteiger partial charge in [-0.1, -0.05) is 30.3 Å². The Kier molecular flexibility index (Phi) is 6.39. The summed E-state index contributed by atoms with van der Waals surface area (Å²) in [5.74, 6) is 0.162. The number of ketones is 1. The zero-order chi connectivity index (χ0) is 18.3. The van der Waals surface area contributed by atoms with Gasteiger partial charge in [0.15, 0.2) is 11.5 Å². The zero-order valence-corrected chi connectivity index (χ0v) is 15.0. The van der Waals surface area contributed by atoms with Crippen LogP contribution >= 0.6 is 0 Å². The number of nitrogens with one attached hydrogen (secondary N) is 1. The van der Waals surface area contributed by atoms with Gasteiger partial charge in [-0.3, -0.25) is 4.79 Å². The summed E-state index contributed by atoms with van der Waals surface area (Å²) in [4.78, 5) is 24.4. The van der Waals surface area contributed by atoms with Crippen molar-refractivity contribution in [3.8, 4) is 0 Å². The van der Waals surface area contributed by atoms with Crippen molar-refractivity contribution in [3.63, 3.8) is 0 Å². The van der Waals surface area contributed by atoms with E-state index in [1.807, 2.05) is 30.3 Å². The summed E-state index contributed by atoms with van der Waals surface area (Å²) in [7, 11) is 0. The van der Waals surface area contributed by atoms with Crippen molar-refractivity contribution in [1.82, 2.24) is 5.32 Å². The van der Waals surface area contributed by atoms with Crippen molar-refractivity contribution in [2.45, 2.75) is 51.7 Å². The summed E-state index contributed by atoms with van der Waals surface area (Å²) >= 11 is 0. The molecule has 1 aromatic carbocycles. The first-order valence-electron chi connectivity index (χ1n) is 8.43. The number of furan rings is 1. The molecule has 134 valence electrons. The average molecular weight is 343 g/mol. The van der Waals surface area contributed by atoms with E-state index in [0.717, 1.165) is 12.0 Å². The van der Waals surface area contributed by atoms with E-state index < -0.39 is 11.7 Å². The molecule has 2 rings (SSSR count). The molecular formula is C20H25NO4. The molecule has 1 atom stereocenters. The number of carbonyl (C=O) groups is 2. The number of ether oxygens (including phenoxy) is 1. The smallest absolute Gasteiger partial charge is 0.407 e. The van der Waals surface area contributed by atoms with Crippen molar-refractivity contribution in [1.29, 1.82) is 0 Å². The van der Waals surface area contributed by atoms with Crippen LogP contribution in [0, 0.1) is 0 Å². The van der Waals surface area contributed by atoms with E-state index in [2.05, 4.69) is 5.32 Å². The number of hydrogen-bond acceptors (Lipinski definition) is 4. The molecule has 5 heteroatoms. The van der Waals surface area contributed by atoms with Crippen molar-refractivity contribution in [2.75, 3.05) is 0 Å². The van der Waals surface area contributed by atoms with Gasteiger partial charge in [0.05, 0.1) is 6.26 Å². The topological polar surface area (TPSA) is 68.5 Å². The van der Waals surface area contributed by atoms with Gasteiger partial charge < -0.3 is 14.5 Å². The Labute approximate surface area is 148 Å². The summed E-state index contributed by atoms with van der Waals surface area (Å²) in [5, 5.41) is 2.81. The molecule has 0 aliphatic carbocycles. The summed E-state index contributed by atoms with van der Waals surface area (Å²) in [6.45, 7) is 5.42. The summed E-state index contributed by atoms with van der Waals surface area (Å²) in [5.41, 5.74) is 0.572. The molecule has 0 saturated carbocycles. The van der Waals surface area contributed by atoms with E-state index in [1.165, 1.54) is 6.26 Å². The number of aryl methyl sites for hydroxylation is 1. The SMILES string of the molecule is CC(C)(C)OC(=O)NC(CCc1ccccc1)CC(=O)c1ccco1. The van der Waals surface area contributed by atoms with Crippen LogP contribution in [0.1, 0.15) is 49.7 Å². The third-order valence-corrected chi connectivity index (χ3v) is 3.57. The minimum Gasteiger partial charge on any atom is -0.461 e. The van der Waals surface area contributed by atoms with Crippen LogP contribution in [0.2, 0.25) is 0 Å². The summed E-state index contributed by atoms with van der Waals surface area (Å²) in [6.07, 6.45) is 2.51. The summed E-state index contributed by atoms with van der Waals surface area (Å²) in [6, 6.07) is 12.9. The third-order valence-electron chi connectivity index (χ3n) is 3.57. The van der Waals surface area contributed by atoms with Crippen LogP contribution in [-0.4, -0.2) is 23.5 Å². The number of Topliss-reactive ketones (excluding diaryl/α,β-unsaturated/α-hetero) is 1. The van der Waals surface area contributed by atoms with Crippen molar-refractivity contribution < 1.29 is 18.7 Å². The van der Waals surface area contributed by atoms with Gasteiger partial charge >= 0.3 is 6.09 Å². The largest absolute Gasteiger partial charge is 0.461 e. The molecule has 0 aliphatic heterocycles. The fourth-order valence-corrected chi connectivity index (χ4v) is 2.45. The number of carbonyl (C=O) groups excluding carboxylic acids is 2. The molecule has 2 aromatic rings. The van der Waals surface area contributed by atoms with Gasteiger partial charge in [0.2, 0.25) is 0 Å². The van der Waals surface area contributed by atoms with Crippen LogP contribution in [0.15, 0.2) is 53.1 Å². The number of alkyl carbamates (subject to hydrolysis) is 1. The fourth-order valence-electron chi connectivity index (χ4n) is 2.45. The highest BCUT2D eigenvalue weighted by Crippen LogP contribution is 2.13. The number of rotatable bonds is 7. The van der Waals surface area contributed by atoms with Crippen LogP contribution in [-0.2, 0) is 11.2 Å². The highest BCUT2D eigenvalue weighted by molar-refractivity contribution is 5.94. The molecule has 1 N–H and O–H groups in total. The number of benzene rings is 1. The molecule has 0 aliphatic rings. The minimum absolute atomic E-state index is 0.140. The lowest BCUT2D eigenvalue weighted by Crippen LogP contribution is -2.40. The Morgan fingerprint density at radius 1 is 1.12 bits per heavy atom. The molecule has 1 unspecified atom stereocenters.